The summed E-state index contributed by atoms with van der Waals surface area (Å²) < 4.78 is 27.1. The van der Waals surface area contributed by atoms with Gasteiger partial charge in [0.15, 0.2) is 0 Å². The van der Waals surface area contributed by atoms with Crippen LogP contribution in [0.4, 0.5) is 0 Å². The van der Waals surface area contributed by atoms with Gasteiger partial charge in [-0.2, -0.15) is 0 Å². The Hall–Kier alpha value is -1.41. The lowest BCUT2D eigenvalue weighted by atomic mass is 10.2. The zero-order valence-electron chi connectivity index (χ0n) is 10.9. The Balaban J connectivity index is 2.32. The lowest BCUT2D eigenvalue weighted by Crippen LogP contribution is -2.26. The number of thiophene rings is 1. The van der Waals surface area contributed by atoms with E-state index >= 15 is 0 Å². The normalized spacial score (nSPS) is 13.0. The Labute approximate surface area is 131 Å². The summed E-state index contributed by atoms with van der Waals surface area (Å²) in [6.07, 6.45) is 0. The number of benzene rings is 1. The van der Waals surface area contributed by atoms with Gasteiger partial charge in [0.05, 0.1) is 21.5 Å². The first-order valence-electron chi connectivity index (χ1n) is 5.90. The molecule has 0 aliphatic carbocycles. The number of nitrogens with one attached hydrogen (secondary N) is 1. The minimum Gasteiger partial charge on any atom is -0.478 e. The molecule has 0 spiro atoms. The Kier molecular flexibility index (Phi) is 4.67. The van der Waals surface area contributed by atoms with Crippen molar-refractivity contribution in [1.82, 2.24) is 4.72 Å². The average molecular weight is 346 g/mol. The van der Waals surface area contributed by atoms with Crippen LogP contribution in [0.1, 0.15) is 28.2 Å². The van der Waals surface area contributed by atoms with Crippen LogP contribution < -0.4 is 4.72 Å². The molecular formula is C13H12ClNO4S2. The molecule has 0 fully saturated rings. The van der Waals surface area contributed by atoms with Crippen molar-refractivity contribution < 1.29 is 18.3 Å². The van der Waals surface area contributed by atoms with Gasteiger partial charge in [-0.1, -0.05) is 17.7 Å². The van der Waals surface area contributed by atoms with Crippen LogP contribution in [0.5, 0.6) is 0 Å². The third kappa shape index (κ3) is 3.62. The van der Waals surface area contributed by atoms with Gasteiger partial charge in [0.2, 0.25) is 10.0 Å². The maximum Gasteiger partial charge on any atom is 0.337 e. The highest BCUT2D eigenvalue weighted by Crippen LogP contribution is 2.24. The maximum atomic E-state index is 12.3. The van der Waals surface area contributed by atoms with Crippen molar-refractivity contribution in [2.45, 2.75) is 17.9 Å². The Bertz CT molecular complexity index is 756. The summed E-state index contributed by atoms with van der Waals surface area (Å²) in [4.78, 5) is 11.7. The molecule has 0 saturated heterocycles. The summed E-state index contributed by atoms with van der Waals surface area (Å²) in [5.74, 6) is -1.27. The van der Waals surface area contributed by atoms with Crippen molar-refractivity contribution in [2.75, 3.05) is 0 Å². The maximum absolute atomic E-state index is 12.3. The SMILES string of the molecule is C[C@@H](NS(=O)(=O)c1ccc(Cl)c(C(=O)O)c1)c1cccs1. The molecule has 0 radical (unpaired) electrons. The van der Waals surface area contributed by atoms with Crippen molar-refractivity contribution >= 4 is 38.9 Å². The fourth-order valence-corrected chi connectivity index (χ4v) is 3.99. The van der Waals surface area contributed by atoms with Gasteiger partial charge in [-0.25, -0.2) is 17.9 Å². The Morgan fingerprint density at radius 3 is 2.67 bits per heavy atom. The summed E-state index contributed by atoms with van der Waals surface area (Å²) in [7, 11) is -3.82. The molecule has 21 heavy (non-hydrogen) atoms. The molecule has 112 valence electrons. The predicted molar refractivity (Wildman–Crippen MR) is 81.5 cm³/mol. The molecule has 1 aromatic heterocycles. The smallest absolute Gasteiger partial charge is 0.337 e. The van der Waals surface area contributed by atoms with Crippen LogP contribution in [-0.2, 0) is 10.0 Å². The van der Waals surface area contributed by atoms with Gasteiger partial charge in [0.1, 0.15) is 0 Å². The van der Waals surface area contributed by atoms with Crippen molar-refractivity contribution in [3.05, 3.63) is 51.2 Å². The fraction of sp³-hybridized carbons (Fsp3) is 0.154. The summed E-state index contributed by atoms with van der Waals surface area (Å²) in [5.41, 5.74) is -0.247. The monoisotopic (exact) mass is 345 g/mol. The molecular weight excluding hydrogens is 334 g/mol. The standard InChI is InChI=1S/C13H12ClNO4S2/c1-8(12-3-2-6-20-12)15-21(18,19)9-4-5-11(14)10(7-9)13(16)17/h2-8,15H,1H3,(H,16,17)/t8-/m1/s1. The number of carboxylic acids is 1. The van der Waals surface area contributed by atoms with E-state index in [9.17, 15) is 13.2 Å². The lowest BCUT2D eigenvalue weighted by molar-refractivity contribution is 0.0697. The number of hydrogen-bond acceptors (Lipinski definition) is 4. The Morgan fingerprint density at radius 2 is 2.10 bits per heavy atom. The second-order valence-corrected chi connectivity index (χ2v) is 7.41. The zero-order valence-corrected chi connectivity index (χ0v) is 13.3. The van der Waals surface area contributed by atoms with Crippen LogP contribution in [0.25, 0.3) is 0 Å². The quantitative estimate of drug-likeness (QED) is 0.872. The van der Waals surface area contributed by atoms with E-state index in [2.05, 4.69) is 4.72 Å². The molecule has 0 aliphatic heterocycles. The predicted octanol–water partition coefficient (Wildman–Crippen LogP) is 3.14. The highest BCUT2D eigenvalue weighted by molar-refractivity contribution is 7.89. The number of aromatic carboxylic acids is 1. The van der Waals surface area contributed by atoms with Gasteiger partial charge in [-0.05, 0) is 36.6 Å². The minimum absolute atomic E-state index is 0.00671. The average Bonchev–Trinajstić information content (AvgIpc) is 2.92. The molecule has 2 N–H and O–H groups in total. The molecule has 0 amide bonds. The number of hydrogen-bond donors (Lipinski definition) is 2. The minimum atomic E-state index is -3.82. The number of carbonyl (C=O) groups is 1. The number of halogens is 1. The van der Waals surface area contributed by atoms with Gasteiger partial charge in [0.25, 0.3) is 0 Å². The van der Waals surface area contributed by atoms with E-state index in [-0.39, 0.29) is 15.5 Å². The first-order chi connectivity index (χ1) is 9.81. The first-order valence-corrected chi connectivity index (χ1v) is 8.64. The van der Waals surface area contributed by atoms with Crippen LogP contribution in [0.2, 0.25) is 5.02 Å². The second kappa shape index (κ2) is 6.15. The van der Waals surface area contributed by atoms with Crippen molar-refractivity contribution in [1.29, 1.82) is 0 Å². The van der Waals surface area contributed by atoms with Gasteiger partial charge in [-0.3, -0.25) is 0 Å². The molecule has 2 aromatic rings. The third-order valence-electron chi connectivity index (χ3n) is 2.78. The van der Waals surface area contributed by atoms with Crippen LogP contribution >= 0.6 is 22.9 Å². The molecule has 2 rings (SSSR count). The largest absolute Gasteiger partial charge is 0.478 e. The van der Waals surface area contributed by atoms with Gasteiger partial charge < -0.3 is 5.11 Å². The molecule has 1 heterocycles. The van der Waals surface area contributed by atoms with E-state index in [1.54, 1.807) is 6.92 Å². The van der Waals surface area contributed by atoms with E-state index in [4.69, 9.17) is 16.7 Å². The van der Waals surface area contributed by atoms with Gasteiger partial charge in [0, 0.05) is 4.88 Å². The van der Waals surface area contributed by atoms with Crippen LogP contribution in [0.3, 0.4) is 0 Å². The number of rotatable bonds is 5. The zero-order chi connectivity index (χ0) is 15.6. The van der Waals surface area contributed by atoms with E-state index < -0.39 is 22.0 Å². The van der Waals surface area contributed by atoms with E-state index in [0.29, 0.717) is 0 Å². The molecule has 8 heteroatoms. The highest BCUT2D eigenvalue weighted by atomic mass is 35.5. The highest BCUT2D eigenvalue weighted by Gasteiger charge is 2.21. The van der Waals surface area contributed by atoms with Gasteiger partial charge >= 0.3 is 5.97 Å². The van der Waals surface area contributed by atoms with Crippen molar-refractivity contribution in [3.8, 4) is 0 Å². The summed E-state index contributed by atoms with van der Waals surface area (Å²) in [6, 6.07) is 6.83. The van der Waals surface area contributed by atoms with Crippen molar-refractivity contribution in [3.63, 3.8) is 0 Å². The van der Waals surface area contributed by atoms with Crippen LogP contribution in [-0.4, -0.2) is 19.5 Å². The summed E-state index contributed by atoms with van der Waals surface area (Å²) in [5, 5.41) is 10.8. The van der Waals surface area contributed by atoms with Gasteiger partial charge in [-0.15, -0.1) is 11.3 Å². The topological polar surface area (TPSA) is 83.5 Å². The lowest BCUT2D eigenvalue weighted by Gasteiger charge is -2.13. The summed E-state index contributed by atoms with van der Waals surface area (Å²) >= 11 is 7.17. The van der Waals surface area contributed by atoms with Crippen molar-refractivity contribution in [2.24, 2.45) is 0 Å². The number of sulfonamides is 1. The summed E-state index contributed by atoms with van der Waals surface area (Å²) in [6.45, 7) is 1.72. The molecule has 1 aromatic carbocycles. The third-order valence-corrected chi connectivity index (χ3v) is 5.70. The van der Waals surface area contributed by atoms with E-state index in [1.807, 2.05) is 17.5 Å². The van der Waals surface area contributed by atoms with Crippen LogP contribution in [0.15, 0.2) is 40.6 Å². The second-order valence-electron chi connectivity index (χ2n) is 4.31. The molecule has 1 atom stereocenters. The molecule has 0 unspecified atom stereocenters. The van der Waals surface area contributed by atoms with E-state index in [0.717, 1.165) is 10.9 Å². The molecule has 0 aliphatic rings. The van der Waals surface area contributed by atoms with Crippen LogP contribution in [0, 0.1) is 0 Å². The number of carboxylic acid groups (broad SMARTS) is 1. The molecule has 0 saturated carbocycles. The Morgan fingerprint density at radius 1 is 1.38 bits per heavy atom. The molecule has 5 nitrogen and oxygen atoms in total. The first kappa shape index (κ1) is 16.0. The molecule has 0 bridgehead atoms. The fourth-order valence-electron chi connectivity index (χ4n) is 1.73. The van der Waals surface area contributed by atoms with E-state index in [1.165, 1.54) is 23.5 Å².